The van der Waals surface area contributed by atoms with Gasteiger partial charge in [-0.1, -0.05) is 131 Å². The van der Waals surface area contributed by atoms with Crippen LogP contribution in [0.25, 0.3) is 5.69 Å². The smallest absolute Gasteiger partial charge is 0.269 e. The van der Waals surface area contributed by atoms with E-state index in [9.17, 15) is 14.9 Å². The van der Waals surface area contributed by atoms with E-state index in [1.165, 1.54) is 62.4 Å². The van der Waals surface area contributed by atoms with Crippen molar-refractivity contribution >= 4 is 23.4 Å². The van der Waals surface area contributed by atoms with Gasteiger partial charge in [-0.2, -0.15) is 0 Å². The third kappa shape index (κ3) is 10.3. The van der Waals surface area contributed by atoms with Crippen LogP contribution in [-0.2, 0) is 17.0 Å². The number of thioether (sulfide) groups is 1. The van der Waals surface area contributed by atoms with Crippen LogP contribution in [0.5, 0.6) is 0 Å². The number of amides is 1. The Morgan fingerprint density at radius 1 is 0.818 bits per heavy atom. The summed E-state index contributed by atoms with van der Waals surface area (Å²) in [5.74, 6) is 1.27. The predicted molar refractivity (Wildman–Crippen MR) is 177 cm³/mol. The molecule has 0 aliphatic heterocycles. The number of nitro benzene ring substituents is 1. The largest absolute Gasteiger partial charge is 0.346 e. The van der Waals surface area contributed by atoms with Crippen LogP contribution in [0.3, 0.4) is 0 Å². The summed E-state index contributed by atoms with van der Waals surface area (Å²) in [7, 11) is 0. The monoisotopic (exact) mass is 613 g/mol. The SMILES string of the molecule is CCCCCCCCCCCC(=O)NC(Cc1ccccc1)c1nnc(SCc2ccccc2)n1-c1ccc([N+](=O)[O-])cc1. The van der Waals surface area contributed by atoms with Crippen molar-refractivity contribution in [3.8, 4) is 5.69 Å². The fraction of sp³-hybridized carbons (Fsp3) is 0.400. The quantitative estimate of drug-likeness (QED) is 0.0491. The number of rotatable bonds is 19. The molecule has 0 radical (unpaired) electrons. The summed E-state index contributed by atoms with van der Waals surface area (Å²) in [6.45, 7) is 2.24. The van der Waals surface area contributed by atoms with Gasteiger partial charge in [0.15, 0.2) is 11.0 Å². The highest BCUT2D eigenvalue weighted by Gasteiger charge is 2.25. The van der Waals surface area contributed by atoms with E-state index in [1.54, 1.807) is 12.1 Å². The molecule has 0 aliphatic rings. The van der Waals surface area contributed by atoms with Gasteiger partial charge in [0.05, 0.1) is 11.0 Å². The Kier molecular flexibility index (Phi) is 13.4. The molecule has 1 amide bonds. The van der Waals surface area contributed by atoms with Gasteiger partial charge in [-0.25, -0.2) is 0 Å². The van der Waals surface area contributed by atoms with E-state index in [0.717, 1.165) is 30.4 Å². The molecule has 1 unspecified atom stereocenters. The van der Waals surface area contributed by atoms with E-state index in [0.29, 0.717) is 35.3 Å². The van der Waals surface area contributed by atoms with Crippen LogP contribution < -0.4 is 5.32 Å². The van der Waals surface area contributed by atoms with Crippen LogP contribution in [0.15, 0.2) is 90.1 Å². The molecule has 0 aliphatic carbocycles. The van der Waals surface area contributed by atoms with Gasteiger partial charge in [0.1, 0.15) is 0 Å². The van der Waals surface area contributed by atoms with E-state index in [4.69, 9.17) is 0 Å². The molecule has 8 nitrogen and oxygen atoms in total. The molecule has 44 heavy (non-hydrogen) atoms. The van der Waals surface area contributed by atoms with Crippen molar-refractivity contribution in [2.24, 2.45) is 0 Å². The van der Waals surface area contributed by atoms with Crippen LogP contribution in [0.1, 0.15) is 94.1 Å². The molecule has 0 bridgehead atoms. The highest BCUT2D eigenvalue weighted by atomic mass is 32.2. The zero-order chi connectivity index (χ0) is 31.0. The molecule has 4 rings (SSSR count). The minimum atomic E-state index is -0.433. The number of carbonyl (C=O) groups excluding carboxylic acids is 1. The van der Waals surface area contributed by atoms with Crippen LogP contribution in [0, 0.1) is 10.1 Å². The van der Waals surface area contributed by atoms with Gasteiger partial charge in [0.2, 0.25) is 5.91 Å². The van der Waals surface area contributed by atoms with Crippen molar-refractivity contribution < 1.29 is 9.72 Å². The van der Waals surface area contributed by atoms with Crippen LogP contribution in [0.4, 0.5) is 5.69 Å². The number of aromatic nitrogens is 3. The number of unbranched alkanes of at least 4 members (excludes halogenated alkanes) is 8. The van der Waals surface area contributed by atoms with Gasteiger partial charge >= 0.3 is 0 Å². The Hall–Kier alpha value is -3.98. The number of benzene rings is 3. The molecule has 0 spiro atoms. The molecule has 4 aromatic rings. The Balaban J connectivity index is 1.52. The number of non-ortho nitro benzene ring substituents is 1. The number of nitro groups is 1. The minimum Gasteiger partial charge on any atom is -0.346 e. The van der Waals surface area contributed by atoms with Crippen molar-refractivity contribution in [2.45, 2.75) is 94.5 Å². The van der Waals surface area contributed by atoms with Gasteiger partial charge in [0, 0.05) is 30.0 Å². The van der Waals surface area contributed by atoms with E-state index < -0.39 is 11.0 Å². The zero-order valence-corrected chi connectivity index (χ0v) is 26.4. The van der Waals surface area contributed by atoms with Crippen molar-refractivity contribution in [1.29, 1.82) is 0 Å². The van der Waals surface area contributed by atoms with Crippen LogP contribution in [0.2, 0.25) is 0 Å². The van der Waals surface area contributed by atoms with Crippen LogP contribution >= 0.6 is 11.8 Å². The normalized spacial score (nSPS) is 11.8. The molecule has 1 aromatic heterocycles. The second-order valence-corrected chi connectivity index (χ2v) is 12.1. The molecule has 232 valence electrons. The van der Waals surface area contributed by atoms with Gasteiger partial charge in [-0.15, -0.1) is 10.2 Å². The molecule has 1 heterocycles. The van der Waals surface area contributed by atoms with Crippen molar-refractivity contribution in [3.05, 3.63) is 112 Å². The third-order valence-electron chi connectivity index (χ3n) is 7.62. The predicted octanol–water partition coefficient (Wildman–Crippen LogP) is 8.79. The molecule has 1 atom stereocenters. The first-order chi connectivity index (χ1) is 21.5. The summed E-state index contributed by atoms with van der Waals surface area (Å²) in [6.07, 6.45) is 11.8. The maximum Gasteiger partial charge on any atom is 0.269 e. The van der Waals surface area contributed by atoms with E-state index in [-0.39, 0.29) is 11.6 Å². The Bertz CT molecular complexity index is 1430. The highest BCUT2D eigenvalue weighted by Crippen LogP contribution is 2.30. The lowest BCUT2D eigenvalue weighted by Gasteiger charge is -2.20. The van der Waals surface area contributed by atoms with E-state index in [1.807, 2.05) is 53.1 Å². The maximum atomic E-state index is 13.3. The molecular formula is C35H43N5O3S. The lowest BCUT2D eigenvalue weighted by atomic mass is 10.0. The molecule has 0 saturated heterocycles. The molecule has 0 fully saturated rings. The topological polar surface area (TPSA) is 103 Å². The standard InChI is InChI=1S/C35H43N5O3S/c1-2-3-4-5-6-7-8-9-16-21-33(41)36-32(26-28-17-12-10-13-18-28)34-37-38-35(44-27-29-19-14-11-15-20-29)39(34)30-22-24-31(25-23-30)40(42)43/h10-15,17-20,22-25,32H,2-9,16,21,26-27H2,1H3,(H,36,41). The zero-order valence-electron chi connectivity index (χ0n) is 25.6. The number of carbonyl (C=O) groups is 1. The maximum absolute atomic E-state index is 13.3. The Morgan fingerprint density at radius 2 is 1.41 bits per heavy atom. The fourth-order valence-corrected chi connectivity index (χ4v) is 6.12. The third-order valence-corrected chi connectivity index (χ3v) is 8.62. The highest BCUT2D eigenvalue weighted by molar-refractivity contribution is 7.98. The number of nitrogens with zero attached hydrogens (tertiary/aromatic N) is 4. The lowest BCUT2D eigenvalue weighted by Crippen LogP contribution is -2.31. The number of hydrogen-bond donors (Lipinski definition) is 1. The molecule has 0 saturated carbocycles. The summed E-state index contributed by atoms with van der Waals surface area (Å²) in [6, 6.07) is 26.1. The molecular weight excluding hydrogens is 570 g/mol. The van der Waals surface area contributed by atoms with Crippen molar-refractivity contribution in [1.82, 2.24) is 20.1 Å². The van der Waals surface area contributed by atoms with E-state index >= 15 is 0 Å². The number of hydrogen-bond acceptors (Lipinski definition) is 6. The number of nitrogens with one attached hydrogen (secondary N) is 1. The first-order valence-electron chi connectivity index (χ1n) is 15.7. The van der Waals surface area contributed by atoms with E-state index in [2.05, 4.69) is 34.6 Å². The molecule has 9 heteroatoms. The summed E-state index contributed by atoms with van der Waals surface area (Å²) in [4.78, 5) is 24.2. The lowest BCUT2D eigenvalue weighted by molar-refractivity contribution is -0.384. The van der Waals surface area contributed by atoms with Gasteiger partial charge in [-0.05, 0) is 36.1 Å². The first-order valence-corrected chi connectivity index (χ1v) is 16.7. The van der Waals surface area contributed by atoms with Crippen LogP contribution in [-0.4, -0.2) is 25.6 Å². The summed E-state index contributed by atoms with van der Waals surface area (Å²) in [5, 5.41) is 24.4. The second kappa shape index (κ2) is 18.0. The summed E-state index contributed by atoms with van der Waals surface area (Å²) < 4.78 is 1.92. The van der Waals surface area contributed by atoms with Gasteiger partial charge in [0.25, 0.3) is 5.69 Å². The minimum absolute atomic E-state index is 0.00869. The summed E-state index contributed by atoms with van der Waals surface area (Å²) >= 11 is 1.54. The van der Waals surface area contributed by atoms with Gasteiger partial charge < -0.3 is 5.32 Å². The Morgan fingerprint density at radius 3 is 2.02 bits per heavy atom. The van der Waals surface area contributed by atoms with Crippen molar-refractivity contribution in [2.75, 3.05) is 0 Å². The first kappa shape index (κ1) is 32.9. The average molecular weight is 614 g/mol. The Labute approximate surface area is 264 Å². The molecule has 1 N–H and O–H groups in total. The average Bonchev–Trinajstić information content (AvgIpc) is 3.47. The summed E-state index contributed by atoms with van der Waals surface area (Å²) in [5.41, 5.74) is 2.93. The van der Waals surface area contributed by atoms with Gasteiger partial charge in [-0.3, -0.25) is 19.5 Å². The molecule has 3 aromatic carbocycles. The second-order valence-electron chi connectivity index (χ2n) is 11.1. The fourth-order valence-electron chi connectivity index (χ4n) is 5.21. The van der Waals surface area contributed by atoms with Crippen molar-refractivity contribution in [3.63, 3.8) is 0 Å².